The fourth-order valence-electron chi connectivity index (χ4n) is 6.16. The first-order valence-electron chi connectivity index (χ1n) is 13.7. The van der Waals surface area contributed by atoms with E-state index in [1.54, 1.807) is 0 Å². The lowest BCUT2D eigenvalue weighted by Crippen LogP contribution is -2.49. The first kappa shape index (κ1) is 24.8. The van der Waals surface area contributed by atoms with E-state index in [9.17, 15) is 4.79 Å². The lowest BCUT2D eigenvalue weighted by Gasteiger charge is -2.44. The third-order valence-corrected chi connectivity index (χ3v) is 7.97. The van der Waals surface area contributed by atoms with Gasteiger partial charge in [-0.05, 0) is 88.9 Å². The van der Waals surface area contributed by atoms with Gasteiger partial charge in [0.2, 0.25) is 0 Å². The second-order valence-corrected chi connectivity index (χ2v) is 10.0. The smallest absolute Gasteiger partial charge is 0.253 e. The normalized spacial score (nSPS) is 22.0. The number of para-hydroxylation sites is 1. The van der Waals surface area contributed by atoms with Gasteiger partial charge in [-0.25, -0.2) is 0 Å². The highest BCUT2D eigenvalue weighted by Gasteiger charge is 2.42. The Balaban J connectivity index is 1.53. The molecule has 34 heavy (non-hydrogen) atoms. The zero-order chi connectivity index (χ0) is 23.9. The van der Waals surface area contributed by atoms with Crippen molar-refractivity contribution in [3.8, 4) is 0 Å². The summed E-state index contributed by atoms with van der Waals surface area (Å²) in [5.41, 5.74) is 3.23. The zero-order valence-electron chi connectivity index (χ0n) is 21.5. The van der Waals surface area contributed by atoms with Gasteiger partial charge in [-0.15, -0.1) is 0 Å². The maximum absolute atomic E-state index is 12.8. The van der Waals surface area contributed by atoms with Crippen molar-refractivity contribution in [2.24, 2.45) is 0 Å². The Morgan fingerprint density at radius 2 is 1.44 bits per heavy atom. The van der Waals surface area contributed by atoms with E-state index in [2.05, 4.69) is 59.2 Å². The lowest BCUT2D eigenvalue weighted by molar-refractivity contribution is 0.0773. The molecule has 2 aliphatic rings. The molecule has 2 bridgehead atoms. The van der Waals surface area contributed by atoms with E-state index in [0.717, 1.165) is 18.7 Å². The van der Waals surface area contributed by atoms with Crippen LogP contribution in [0, 0.1) is 0 Å². The highest BCUT2D eigenvalue weighted by molar-refractivity contribution is 5.94. The number of unbranched alkanes of at least 4 members (excludes halogenated alkanes) is 3. The van der Waals surface area contributed by atoms with Gasteiger partial charge in [0.1, 0.15) is 0 Å². The van der Waals surface area contributed by atoms with Crippen LogP contribution in [0.1, 0.15) is 82.5 Å². The Morgan fingerprint density at radius 3 is 2.03 bits per heavy atom. The average Bonchev–Trinajstić information content (AvgIpc) is 3.10. The van der Waals surface area contributed by atoms with E-state index >= 15 is 0 Å². The Kier molecular flexibility index (Phi) is 8.66. The summed E-state index contributed by atoms with van der Waals surface area (Å²) in [5.74, 6) is 0.122. The van der Waals surface area contributed by atoms with Gasteiger partial charge in [0.15, 0.2) is 0 Å². The average molecular weight is 462 g/mol. The maximum atomic E-state index is 12.8. The summed E-state index contributed by atoms with van der Waals surface area (Å²) in [5, 5.41) is 0. The van der Waals surface area contributed by atoms with Crippen LogP contribution in [-0.4, -0.2) is 53.5 Å². The minimum absolute atomic E-state index is 0.122. The number of anilines is 2. The van der Waals surface area contributed by atoms with Crippen LogP contribution in [0.3, 0.4) is 0 Å². The molecule has 2 aromatic rings. The molecule has 0 saturated carbocycles. The van der Waals surface area contributed by atoms with Crippen molar-refractivity contribution in [1.29, 1.82) is 0 Å². The van der Waals surface area contributed by atoms with E-state index in [0.29, 0.717) is 18.1 Å². The van der Waals surface area contributed by atoms with Crippen molar-refractivity contribution in [2.75, 3.05) is 24.5 Å². The van der Waals surface area contributed by atoms with Crippen LogP contribution in [0.25, 0.3) is 0 Å². The van der Waals surface area contributed by atoms with Gasteiger partial charge in [-0.1, -0.05) is 44.4 Å². The minimum atomic E-state index is 0.122. The monoisotopic (exact) mass is 461 g/mol. The van der Waals surface area contributed by atoms with Gasteiger partial charge < -0.3 is 9.80 Å². The molecular formula is C30H43N3O. The van der Waals surface area contributed by atoms with E-state index < -0.39 is 0 Å². The molecule has 4 rings (SSSR count). The molecule has 2 fully saturated rings. The number of fused-ring (bicyclic) bond motifs is 2. The molecule has 4 nitrogen and oxygen atoms in total. The van der Waals surface area contributed by atoms with Gasteiger partial charge in [-0.3, -0.25) is 9.69 Å². The summed E-state index contributed by atoms with van der Waals surface area (Å²) in [4.78, 5) is 20.1. The highest BCUT2D eigenvalue weighted by Crippen LogP contribution is 2.41. The molecule has 2 aromatic carbocycles. The molecule has 1 amide bonds. The van der Waals surface area contributed by atoms with Gasteiger partial charge in [0.25, 0.3) is 5.91 Å². The molecule has 2 aliphatic heterocycles. The van der Waals surface area contributed by atoms with Crippen LogP contribution in [0.2, 0.25) is 0 Å². The van der Waals surface area contributed by atoms with E-state index in [-0.39, 0.29) is 5.91 Å². The number of rotatable bonds is 11. The van der Waals surface area contributed by atoms with Crippen molar-refractivity contribution in [3.63, 3.8) is 0 Å². The topological polar surface area (TPSA) is 26.8 Å². The maximum Gasteiger partial charge on any atom is 0.253 e. The minimum Gasteiger partial charge on any atom is -0.339 e. The van der Waals surface area contributed by atoms with Crippen LogP contribution in [0.15, 0.2) is 54.6 Å². The number of hydrogen-bond donors (Lipinski definition) is 0. The summed E-state index contributed by atoms with van der Waals surface area (Å²) in [6, 6.07) is 21.1. The summed E-state index contributed by atoms with van der Waals surface area (Å²) in [6.45, 7) is 9.13. The van der Waals surface area contributed by atoms with Gasteiger partial charge in [0.05, 0.1) is 0 Å². The van der Waals surface area contributed by atoms with E-state index in [4.69, 9.17) is 0 Å². The fraction of sp³-hybridized carbons (Fsp3) is 0.567. The molecule has 0 unspecified atom stereocenters. The number of hydrogen-bond acceptors (Lipinski definition) is 3. The van der Waals surface area contributed by atoms with Crippen LogP contribution in [0.5, 0.6) is 0 Å². The molecule has 0 aromatic heterocycles. The van der Waals surface area contributed by atoms with Gasteiger partial charge >= 0.3 is 0 Å². The number of carbonyl (C=O) groups excluding carboxylic acids is 1. The second kappa shape index (κ2) is 11.9. The lowest BCUT2D eigenvalue weighted by atomic mass is 9.94. The SMILES string of the molecule is CCCCCCN1[C@@H]2CC[C@H]1C[C@H](N(c1ccccc1)c1ccc(C(=O)N(CC)CC)cc1)C2. The number of benzene rings is 2. The molecule has 0 N–H and O–H groups in total. The molecule has 0 radical (unpaired) electrons. The predicted octanol–water partition coefficient (Wildman–Crippen LogP) is 6.88. The quantitative estimate of drug-likeness (QED) is 0.341. The number of amides is 1. The van der Waals surface area contributed by atoms with E-state index in [1.807, 2.05) is 30.9 Å². The predicted molar refractivity (Wildman–Crippen MR) is 143 cm³/mol. The molecule has 2 heterocycles. The summed E-state index contributed by atoms with van der Waals surface area (Å²) in [7, 11) is 0. The molecule has 0 spiro atoms. The molecule has 4 heteroatoms. The van der Waals surface area contributed by atoms with Crippen LogP contribution < -0.4 is 4.90 Å². The Morgan fingerprint density at radius 1 is 0.824 bits per heavy atom. The summed E-state index contributed by atoms with van der Waals surface area (Å²) >= 11 is 0. The second-order valence-electron chi connectivity index (χ2n) is 10.0. The Hall–Kier alpha value is -2.33. The number of carbonyl (C=O) groups is 1. The standard InChI is InChI=1S/C30H43N3O/c1-4-7-8-12-21-32-27-19-20-28(32)23-29(22-27)33(25-13-10-9-11-14-25)26-17-15-24(16-18-26)30(34)31(5-2)6-3/h9-11,13-18,27-29H,4-8,12,19-23H2,1-3H3/t27-,28+,29-. The van der Waals surface area contributed by atoms with Crippen molar-refractivity contribution in [3.05, 3.63) is 60.2 Å². The number of nitrogens with zero attached hydrogens (tertiary/aromatic N) is 3. The molecule has 2 saturated heterocycles. The largest absolute Gasteiger partial charge is 0.339 e. The Bertz CT molecular complexity index is 879. The van der Waals surface area contributed by atoms with Crippen LogP contribution >= 0.6 is 0 Å². The summed E-state index contributed by atoms with van der Waals surface area (Å²) < 4.78 is 0. The highest BCUT2D eigenvalue weighted by atomic mass is 16.2. The first-order chi connectivity index (χ1) is 16.7. The zero-order valence-corrected chi connectivity index (χ0v) is 21.5. The van der Waals surface area contributed by atoms with Crippen LogP contribution in [-0.2, 0) is 0 Å². The van der Waals surface area contributed by atoms with Crippen molar-refractivity contribution in [2.45, 2.75) is 90.3 Å². The summed E-state index contributed by atoms with van der Waals surface area (Å²) in [6.07, 6.45) is 10.5. The fourth-order valence-corrected chi connectivity index (χ4v) is 6.16. The third kappa shape index (κ3) is 5.49. The van der Waals surface area contributed by atoms with Crippen molar-refractivity contribution < 1.29 is 4.79 Å². The van der Waals surface area contributed by atoms with Gasteiger partial charge in [-0.2, -0.15) is 0 Å². The van der Waals surface area contributed by atoms with Crippen molar-refractivity contribution in [1.82, 2.24) is 9.80 Å². The molecule has 0 aliphatic carbocycles. The first-order valence-corrected chi connectivity index (χ1v) is 13.7. The third-order valence-electron chi connectivity index (χ3n) is 7.97. The Labute approximate surface area is 206 Å². The molecule has 184 valence electrons. The van der Waals surface area contributed by atoms with Gasteiger partial charge in [0, 0.05) is 48.2 Å². The molecule has 3 atom stereocenters. The van der Waals surface area contributed by atoms with Crippen molar-refractivity contribution >= 4 is 17.3 Å². The number of piperidine rings is 1. The van der Waals surface area contributed by atoms with E-state index in [1.165, 1.54) is 69.3 Å². The van der Waals surface area contributed by atoms with Crippen LogP contribution in [0.4, 0.5) is 11.4 Å². The molecular weight excluding hydrogens is 418 g/mol.